The van der Waals surface area contributed by atoms with Crippen molar-refractivity contribution in [1.82, 2.24) is 4.90 Å². The van der Waals surface area contributed by atoms with Gasteiger partial charge in [0.25, 0.3) is 0 Å². The molecule has 0 saturated carbocycles. The zero-order chi connectivity index (χ0) is 13.2. The molecule has 0 aliphatic carbocycles. The number of hydrogen-bond donors (Lipinski definition) is 0. The number of hydrogen-bond acceptors (Lipinski definition) is 2. The number of carbonyl (C=O) groups is 1. The molecule has 2 aromatic carbocycles. The Morgan fingerprint density at radius 2 is 1.63 bits per heavy atom. The predicted molar refractivity (Wildman–Crippen MR) is 77.2 cm³/mol. The van der Waals surface area contributed by atoms with Crippen molar-refractivity contribution < 1.29 is 4.79 Å². The Morgan fingerprint density at radius 3 is 2.16 bits per heavy atom. The molecule has 19 heavy (non-hydrogen) atoms. The van der Waals surface area contributed by atoms with Gasteiger partial charge in [0.2, 0.25) is 0 Å². The summed E-state index contributed by atoms with van der Waals surface area (Å²) in [6, 6.07) is 18.2. The first-order valence-electron chi connectivity index (χ1n) is 6.65. The van der Waals surface area contributed by atoms with Crippen molar-refractivity contribution in [2.24, 2.45) is 0 Å². The maximum atomic E-state index is 12.2. The van der Waals surface area contributed by atoms with Crippen LogP contribution >= 0.6 is 0 Å². The zero-order valence-electron chi connectivity index (χ0n) is 11.0. The Labute approximate surface area is 113 Å². The maximum absolute atomic E-state index is 12.2. The third-order valence-corrected chi connectivity index (χ3v) is 3.87. The van der Waals surface area contributed by atoms with E-state index >= 15 is 0 Å². The fourth-order valence-corrected chi connectivity index (χ4v) is 2.50. The van der Waals surface area contributed by atoms with Crippen LogP contribution in [0.25, 0.3) is 11.1 Å². The summed E-state index contributed by atoms with van der Waals surface area (Å²) in [5.74, 6) is 0.244. The smallest absolute Gasteiger partial charge is 0.179 e. The molecule has 1 atom stereocenters. The van der Waals surface area contributed by atoms with Crippen molar-refractivity contribution in [2.45, 2.75) is 12.5 Å². The molecule has 0 aromatic heterocycles. The monoisotopic (exact) mass is 251 g/mol. The number of rotatable bonds is 3. The van der Waals surface area contributed by atoms with Crippen LogP contribution < -0.4 is 0 Å². The minimum absolute atomic E-state index is 0.0857. The molecule has 96 valence electrons. The van der Waals surface area contributed by atoms with Gasteiger partial charge in [0.15, 0.2) is 5.78 Å². The molecule has 1 aliphatic heterocycles. The molecule has 0 radical (unpaired) electrons. The van der Waals surface area contributed by atoms with Crippen LogP contribution in [0.15, 0.2) is 54.6 Å². The zero-order valence-corrected chi connectivity index (χ0v) is 11.0. The predicted octanol–water partition coefficient (Wildman–Crippen LogP) is 3.24. The lowest BCUT2D eigenvalue weighted by Gasteiger charge is -2.36. The molecule has 2 heteroatoms. The minimum Gasteiger partial charge on any atom is -0.296 e. The van der Waals surface area contributed by atoms with Gasteiger partial charge in [-0.2, -0.15) is 0 Å². The van der Waals surface area contributed by atoms with Crippen molar-refractivity contribution in [3.63, 3.8) is 0 Å². The van der Waals surface area contributed by atoms with E-state index in [9.17, 15) is 4.79 Å². The fraction of sp³-hybridized carbons (Fsp3) is 0.235. The highest BCUT2D eigenvalue weighted by molar-refractivity contribution is 6.01. The van der Waals surface area contributed by atoms with Crippen LogP contribution in [0.3, 0.4) is 0 Å². The molecular formula is C17H17NO. The SMILES string of the molecule is CN1CCC1C(=O)c1ccc(-c2ccccc2)cc1. The first kappa shape index (κ1) is 12.1. The van der Waals surface area contributed by atoms with Crippen LogP contribution in [0.5, 0.6) is 0 Å². The van der Waals surface area contributed by atoms with Crippen molar-refractivity contribution >= 4 is 5.78 Å². The Kier molecular flexibility index (Phi) is 3.18. The molecule has 1 saturated heterocycles. The van der Waals surface area contributed by atoms with Crippen LogP contribution in [0.4, 0.5) is 0 Å². The second-order valence-electron chi connectivity index (χ2n) is 5.09. The van der Waals surface area contributed by atoms with Gasteiger partial charge in [-0.25, -0.2) is 0 Å². The van der Waals surface area contributed by atoms with Gasteiger partial charge < -0.3 is 0 Å². The highest BCUT2D eigenvalue weighted by Gasteiger charge is 2.31. The van der Waals surface area contributed by atoms with Crippen LogP contribution in [0, 0.1) is 0 Å². The normalized spacial score (nSPS) is 18.9. The van der Waals surface area contributed by atoms with E-state index in [0.717, 1.165) is 24.1 Å². The number of likely N-dealkylation sites (N-methyl/N-ethyl adjacent to an activating group) is 1. The first-order chi connectivity index (χ1) is 9.25. The fourth-order valence-electron chi connectivity index (χ4n) is 2.50. The van der Waals surface area contributed by atoms with Crippen molar-refractivity contribution in [3.05, 3.63) is 60.2 Å². The van der Waals surface area contributed by atoms with E-state index < -0.39 is 0 Å². The molecule has 3 rings (SSSR count). The van der Waals surface area contributed by atoms with Gasteiger partial charge in [0.1, 0.15) is 0 Å². The summed E-state index contributed by atoms with van der Waals surface area (Å²) in [4.78, 5) is 14.3. The Balaban J connectivity index is 1.81. The number of carbonyl (C=O) groups excluding carboxylic acids is 1. The van der Waals surface area contributed by atoms with Gasteiger partial charge in [0.05, 0.1) is 6.04 Å². The third-order valence-electron chi connectivity index (χ3n) is 3.87. The van der Waals surface area contributed by atoms with E-state index in [4.69, 9.17) is 0 Å². The van der Waals surface area contributed by atoms with Crippen molar-refractivity contribution in [3.8, 4) is 11.1 Å². The first-order valence-corrected chi connectivity index (χ1v) is 6.65. The largest absolute Gasteiger partial charge is 0.296 e. The van der Waals surface area contributed by atoms with Crippen molar-refractivity contribution in [2.75, 3.05) is 13.6 Å². The van der Waals surface area contributed by atoms with E-state index in [0.29, 0.717) is 0 Å². The second-order valence-corrected chi connectivity index (χ2v) is 5.09. The molecular weight excluding hydrogens is 234 g/mol. The van der Waals surface area contributed by atoms with E-state index in [-0.39, 0.29) is 11.8 Å². The lowest BCUT2D eigenvalue weighted by atomic mass is 9.93. The standard InChI is InChI=1S/C17H17NO/c1-18-12-11-16(18)17(19)15-9-7-14(8-10-15)13-5-3-2-4-6-13/h2-10,16H,11-12H2,1H3. The second kappa shape index (κ2) is 4.98. The molecule has 0 bridgehead atoms. The Hall–Kier alpha value is -1.93. The summed E-state index contributed by atoms with van der Waals surface area (Å²) >= 11 is 0. The molecule has 0 spiro atoms. The highest BCUT2D eigenvalue weighted by atomic mass is 16.1. The lowest BCUT2D eigenvalue weighted by Crippen LogP contribution is -2.49. The summed E-state index contributed by atoms with van der Waals surface area (Å²) in [6.07, 6.45) is 0.982. The Bertz CT molecular complexity index is 574. The van der Waals surface area contributed by atoms with Gasteiger partial charge in [-0.3, -0.25) is 9.69 Å². The average molecular weight is 251 g/mol. The summed E-state index contributed by atoms with van der Waals surface area (Å²) in [7, 11) is 2.00. The van der Waals surface area contributed by atoms with Crippen molar-refractivity contribution in [1.29, 1.82) is 0 Å². The molecule has 1 heterocycles. The molecule has 1 aliphatic rings. The molecule has 2 aromatic rings. The van der Waals surface area contributed by atoms with Gasteiger partial charge >= 0.3 is 0 Å². The average Bonchev–Trinajstić information content (AvgIpc) is 2.47. The van der Waals surface area contributed by atoms with E-state index in [1.54, 1.807) is 0 Å². The summed E-state index contributed by atoms with van der Waals surface area (Å²) in [5, 5.41) is 0. The van der Waals surface area contributed by atoms with Crippen LogP contribution in [0.2, 0.25) is 0 Å². The van der Waals surface area contributed by atoms with E-state index in [1.807, 2.05) is 49.5 Å². The minimum atomic E-state index is 0.0857. The van der Waals surface area contributed by atoms with Gasteiger partial charge in [-0.05, 0) is 24.6 Å². The highest BCUT2D eigenvalue weighted by Crippen LogP contribution is 2.23. The van der Waals surface area contributed by atoms with E-state index in [1.165, 1.54) is 5.56 Å². The van der Waals surface area contributed by atoms with Gasteiger partial charge in [-0.15, -0.1) is 0 Å². The quantitative estimate of drug-likeness (QED) is 0.780. The number of likely N-dealkylation sites (tertiary alicyclic amines) is 1. The summed E-state index contributed by atoms with van der Waals surface area (Å²) in [6.45, 7) is 1.03. The molecule has 1 unspecified atom stereocenters. The van der Waals surface area contributed by atoms with Gasteiger partial charge in [0, 0.05) is 12.1 Å². The van der Waals surface area contributed by atoms with Crippen LogP contribution in [0.1, 0.15) is 16.8 Å². The molecule has 2 nitrogen and oxygen atoms in total. The Morgan fingerprint density at radius 1 is 1.00 bits per heavy atom. The number of nitrogens with zero attached hydrogens (tertiary/aromatic N) is 1. The summed E-state index contributed by atoms with van der Waals surface area (Å²) < 4.78 is 0. The molecule has 0 N–H and O–H groups in total. The summed E-state index contributed by atoms with van der Waals surface area (Å²) in [5.41, 5.74) is 3.15. The lowest BCUT2D eigenvalue weighted by molar-refractivity contribution is 0.0674. The van der Waals surface area contributed by atoms with Crippen LogP contribution in [-0.2, 0) is 0 Å². The molecule has 1 fully saturated rings. The number of Topliss-reactive ketones (excluding diaryl/α,β-unsaturated/α-hetero) is 1. The number of ketones is 1. The van der Waals surface area contributed by atoms with E-state index in [2.05, 4.69) is 17.0 Å². The van der Waals surface area contributed by atoms with Gasteiger partial charge in [-0.1, -0.05) is 54.6 Å². The molecule has 0 amide bonds. The number of benzene rings is 2. The third kappa shape index (κ3) is 2.32. The van der Waals surface area contributed by atoms with Crippen LogP contribution in [-0.4, -0.2) is 30.3 Å². The maximum Gasteiger partial charge on any atom is 0.179 e. The topological polar surface area (TPSA) is 20.3 Å².